The van der Waals surface area contributed by atoms with Gasteiger partial charge in [0.2, 0.25) is 5.91 Å². The minimum absolute atomic E-state index is 0.433. The molecule has 0 aliphatic carbocycles. The van der Waals surface area contributed by atoms with Crippen LogP contribution in [0.4, 0.5) is 5.69 Å². The highest BCUT2D eigenvalue weighted by Crippen LogP contribution is 2.25. The number of nitrogens with two attached hydrogens (primary N) is 1. The lowest BCUT2D eigenvalue weighted by Gasteiger charge is -2.09. The van der Waals surface area contributed by atoms with E-state index in [2.05, 4.69) is 5.32 Å². The number of benzene rings is 2. The molecule has 0 aromatic heterocycles. The Labute approximate surface area is 121 Å². The second-order valence-corrected chi connectivity index (χ2v) is 4.88. The lowest BCUT2D eigenvalue weighted by molar-refractivity contribution is 0.100. The van der Waals surface area contributed by atoms with Crippen LogP contribution < -0.4 is 11.1 Å². The Bertz CT molecular complexity index is 597. The molecule has 0 heterocycles. The van der Waals surface area contributed by atoms with Crippen molar-refractivity contribution in [3.63, 3.8) is 0 Å². The molecule has 98 valence electrons. The third-order valence-corrected chi connectivity index (χ3v) is 3.21. The molecule has 0 atom stereocenters. The van der Waals surface area contributed by atoms with Crippen LogP contribution in [0, 0.1) is 0 Å². The highest BCUT2D eigenvalue weighted by Gasteiger charge is 2.02. The molecule has 2 aromatic rings. The van der Waals surface area contributed by atoms with Gasteiger partial charge in [-0.3, -0.25) is 4.79 Å². The van der Waals surface area contributed by atoms with Crippen molar-refractivity contribution in [2.24, 2.45) is 5.73 Å². The van der Waals surface area contributed by atoms with E-state index >= 15 is 0 Å². The molecule has 2 aromatic carbocycles. The number of hydrogen-bond donors (Lipinski definition) is 2. The lowest BCUT2D eigenvalue weighted by Crippen LogP contribution is -2.10. The predicted octanol–water partition coefficient (Wildman–Crippen LogP) is 3.70. The maximum Gasteiger partial charge on any atom is 0.248 e. The lowest BCUT2D eigenvalue weighted by atomic mass is 10.1. The summed E-state index contributed by atoms with van der Waals surface area (Å²) in [5, 5.41) is 4.42. The summed E-state index contributed by atoms with van der Waals surface area (Å²) in [6.45, 7) is 0.582. The van der Waals surface area contributed by atoms with Gasteiger partial charge in [-0.05, 0) is 35.9 Å². The van der Waals surface area contributed by atoms with E-state index in [9.17, 15) is 4.79 Å². The first-order valence-electron chi connectivity index (χ1n) is 5.64. The molecule has 0 fully saturated rings. The fourth-order valence-corrected chi connectivity index (χ4v) is 1.97. The van der Waals surface area contributed by atoms with E-state index in [1.54, 1.807) is 30.3 Å². The number of amides is 1. The quantitative estimate of drug-likeness (QED) is 0.903. The minimum Gasteiger partial charge on any atom is -0.380 e. The fourth-order valence-electron chi connectivity index (χ4n) is 1.62. The SMILES string of the molecule is NC(=O)c1ccc(CNc2cc(Cl)ccc2Cl)cc1. The predicted molar refractivity (Wildman–Crippen MR) is 78.7 cm³/mol. The van der Waals surface area contributed by atoms with Crippen LogP contribution in [0.5, 0.6) is 0 Å². The average Bonchev–Trinajstić information content (AvgIpc) is 2.40. The van der Waals surface area contributed by atoms with E-state index in [-0.39, 0.29) is 0 Å². The Balaban J connectivity index is 2.06. The molecule has 19 heavy (non-hydrogen) atoms. The second-order valence-electron chi connectivity index (χ2n) is 4.04. The van der Waals surface area contributed by atoms with Crippen molar-refractivity contribution in [1.82, 2.24) is 0 Å². The van der Waals surface area contributed by atoms with Crippen LogP contribution in [0.15, 0.2) is 42.5 Å². The first kappa shape index (κ1) is 13.7. The van der Waals surface area contributed by atoms with Crippen molar-refractivity contribution in [2.45, 2.75) is 6.54 Å². The summed E-state index contributed by atoms with van der Waals surface area (Å²) in [6.07, 6.45) is 0. The van der Waals surface area contributed by atoms with Crippen molar-refractivity contribution < 1.29 is 4.79 Å². The van der Waals surface area contributed by atoms with E-state index in [1.165, 1.54) is 0 Å². The largest absolute Gasteiger partial charge is 0.380 e. The topological polar surface area (TPSA) is 55.1 Å². The first-order chi connectivity index (χ1) is 9.06. The highest BCUT2D eigenvalue weighted by atomic mass is 35.5. The fraction of sp³-hybridized carbons (Fsp3) is 0.0714. The molecule has 2 rings (SSSR count). The van der Waals surface area contributed by atoms with Gasteiger partial charge in [-0.25, -0.2) is 0 Å². The molecule has 0 spiro atoms. The maximum absolute atomic E-state index is 10.9. The zero-order chi connectivity index (χ0) is 13.8. The standard InChI is InChI=1S/C14H12Cl2N2O/c15-11-5-6-12(16)13(7-11)18-8-9-1-3-10(4-2-9)14(17)19/h1-7,18H,8H2,(H2,17,19). The summed E-state index contributed by atoms with van der Waals surface area (Å²) in [4.78, 5) is 10.9. The number of halogens is 2. The number of carbonyl (C=O) groups is 1. The Hall–Kier alpha value is -1.71. The van der Waals surface area contributed by atoms with Crippen molar-refractivity contribution >= 4 is 34.8 Å². The van der Waals surface area contributed by atoms with Crippen LogP contribution in [0.1, 0.15) is 15.9 Å². The van der Waals surface area contributed by atoms with Gasteiger partial charge in [0.25, 0.3) is 0 Å². The van der Waals surface area contributed by atoms with Gasteiger partial charge in [0.1, 0.15) is 0 Å². The zero-order valence-electron chi connectivity index (χ0n) is 9.99. The number of anilines is 1. The summed E-state index contributed by atoms with van der Waals surface area (Å²) in [5.74, 6) is -0.433. The summed E-state index contributed by atoms with van der Waals surface area (Å²) < 4.78 is 0. The van der Waals surface area contributed by atoms with Crippen LogP contribution >= 0.6 is 23.2 Å². The summed E-state index contributed by atoms with van der Waals surface area (Å²) >= 11 is 12.0. The molecule has 0 radical (unpaired) electrons. The molecule has 0 bridgehead atoms. The van der Waals surface area contributed by atoms with E-state index < -0.39 is 5.91 Å². The van der Waals surface area contributed by atoms with E-state index in [1.807, 2.05) is 12.1 Å². The van der Waals surface area contributed by atoms with E-state index in [4.69, 9.17) is 28.9 Å². The molecular formula is C14H12Cl2N2O. The van der Waals surface area contributed by atoms with Crippen molar-refractivity contribution in [3.8, 4) is 0 Å². The van der Waals surface area contributed by atoms with Gasteiger partial charge in [0.05, 0.1) is 10.7 Å². The van der Waals surface area contributed by atoms with Crippen LogP contribution in [0.25, 0.3) is 0 Å². The normalized spacial score (nSPS) is 10.2. The molecule has 0 saturated carbocycles. The van der Waals surface area contributed by atoms with Gasteiger partial charge in [0.15, 0.2) is 0 Å². The van der Waals surface area contributed by atoms with Crippen molar-refractivity contribution in [1.29, 1.82) is 0 Å². The molecule has 3 N–H and O–H groups in total. The molecule has 0 aliphatic rings. The molecular weight excluding hydrogens is 283 g/mol. The van der Waals surface area contributed by atoms with E-state index in [0.29, 0.717) is 22.2 Å². The number of nitrogens with one attached hydrogen (secondary N) is 1. The van der Waals surface area contributed by atoms with Crippen LogP contribution in [0.3, 0.4) is 0 Å². The molecule has 0 unspecified atom stereocenters. The van der Waals surface area contributed by atoms with Crippen LogP contribution in [-0.4, -0.2) is 5.91 Å². The Morgan fingerprint density at radius 3 is 2.42 bits per heavy atom. The third kappa shape index (κ3) is 3.63. The molecule has 0 saturated heterocycles. The molecule has 0 aliphatic heterocycles. The summed E-state index contributed by atoms with van der Waals surface area (Å²) in [5.41, 5.74) is 7.46. The highest BCUT2D eigenvalue weighted by molar-refractivity contribution is 6.35. The third-order valence-electron chi connectivity index (χ3n) is 2.65. The average molecular weight is 295 g/mol. The molecule has 1 amide bonds. The number of hydrogen-bond acceptors (Lipinski definition) is 2. The second kappa shape index (κ2) is 5.95. The molecule has 5 heteroatoms. The van der Waals surface area contributed by atoms with Gasteiger partial charge in [-0.1, -0.05) is 35.3 Å². The number of carbonyl (C=O) groups excluding carboxylic acids is 1. The summed E-state index contributed by atoms with van der Waals surface area (Å²) in [7, 11) is 0. The monoisotopic (exact) mass is 294 g/mol. The Morgan fingerprint density at radius 1 is 1.11 bits per heavy atom. The van der Waals surface area contributed by atoms with Crippen molar-refractivity contribution in [3.05, 3.63) is 63.6 Å². The first-order valence-corrected chi connectivity index (χ1v) is 6.39. The van der Waals surface area contributed by atoms with Crippen LogP contribution in [0.2, 0.25) is 10.0 Å². The van der Waals surface area contributed by atoms with Gasteiger partial charge in [-0.15, -0.1) is 0 Å². The van der Waals surface area contributed by atoms with Gasteiger partial charge < -0.3 is 11.1 Å². The van der Waals surface area contributed by atoms with Gasteiger partial charge in [-0.2, -0.15) is 0 Å². The molecule has 3 nitrogen and oxygen atoms in total. The Morgan fingerprint density at radius 2 is 1.79 bits per heavy atom. The van der Waals surface area contributed by atoms with Gasteiger partial charge >= 0.3 is 0 Å². The minimum atomic E-state index is -0.433. The number of primary amides is 1. The van der Waals surface area contributed by atoms with Gasteiger partial charge in [0, 0.05) is 17.1 Å². The summed E-state index contributed by atoms with van der Waals surface area (Å²) in [6, 6.07) is 12.3. The maximum atomic E-state index is 10.9. The Kier molecular flexibility index (Phi) is 4.30. The smallest absolute Gasteiger partial charge is 0.248 e. The number of rotatable bonds is 4. The van der Waals surface area contributed by atoms with E-state index in [0.717, 1.165) is 11.3 Å². The zero-order valence-corrected chi connectivity index (χ0v) is 11.5. The van der Waals surface area contributed by atoms with Crippen LogP contribution in [-0.2, 0) is 6.54 Å². The van der Waals surface area contributed by atoms with Crippen molar-refractivity contribution in [2.75, 3.05) is 5.32 Å².